The standard InChI is InChI=1S/C5H5N.6C4H9.2Sn/c1-6-4-2-3-5-6;6*1-3-4-2;;/h2-3H,1H3;6*1,3-4H2,2H3;;. The van der Waals surface area contributed by atoms with Gasteiger partial charge in [0.05, 0.1) is 0 Å². The van der Waals surface area contributed by atoms with Gasteiger partial charge in [-0.25, -0.2) is 0 Å². The van der Waals surface area contributed by atoms with Crippen LogP contribution in [0, 0.1) is 0 Å². The molecule has 1 heterocycles. The molecule has 0 N–H and O–H groups in total. The molecule has 0 aliphatic heterocycles. The van der Waals surface area contributed by atoms with Gasteiger partial charge < -0.3 is 0 Å². The molecule has 0 spiro atoms. The molecule has 0 saturated heterocycles. The molecule has 32 heavy (non-hydrogen) atoms. The first-order valence-electron chi connectivity index (χ1n) is 14.7. The number of aromatic nitrogens is 1. The average Bonchev–Trinajstić information content (AvgIpc) is 3.21. The Bertz CT molecular complexity index is 499. The van der Waals surface area contributed by atoms with Crippen molar-refractivity contribution < 1.29 is 0 Å². The topological polar surface area (TPSA) is 4.93 Å². The first-order valence-corrected chi connectivity index (χ1v) is 29.6. The van der Waals surface area contributed by atoms with Crippen molar-refractivity contribution >= 4 is 44.2 Å². The van der Waals surface area contributed by atoms with E-state index in [0.29, 0.717) is 0 Å². The van der Waals surface area contributed by atoms with Crippen LogP contribution in [0.2, 0.25) is 26.6 Å². The molecule has 1 rings (SSSR count). The Morgan fingerprint density at radius 3 is 0.875 bits per heavy atom. The van der Waals surface area contributed by atoms with Gasteiger partial charge in [0.25, 0.3) is 0 Å². The third-order valence-electron chi connectivity index (χ3n) is 8.26. The second kappa shape index (κ2) is 17.3. The Morgan fingerprint density at radius 2 is 0.688 bits per heavy atom. The molecule has 0 saturated carbocycles. The van der Waals surface area contributed by atoms with Crippen molar-refractivity contribution in [3.63, 3.8) is 0 Å². The summed E-state index contributed by atoms with van der Waals surface area (Å²) < 4.78 is 16.4. The van der Waals surface area contributed by atoms with Crippen LogP contribution in [0.3, 0.4) is 0 Å². The maximum absolute atomic E-state index is 2.91. The molecule has 0 bridgehead atoms. The first-order chi connectivity index (χ1) is 15.5. The summed E-state index contributed by atoms with van der Waals surface area (Å²) in [4.78, 5) is 0. The Kier molecular flexibility index (Phi) is 16.7. The van der Waals surface area contributed by atoms with Crippen molar-refractivity contribution in [1.82, 2.24) is 4.57 Å². The van der Waals surface area contributed by atoms with Crippen LogP contribution >= 0.6 is 0 Å². The molecule has 0 aliphatic rings. The number of rotatable bonds is 20. The fourth-order valence-electron chi connectivity index (χ4n) is 6.19. The van der Waals surface area contributed by atoms with Crippen LogP contribution in [-0.2, 0) is 7.05 Å². The third kappa shape index (κ3) is 8.83. The summed E-state index contributed by atoms with van der Waals surface area (Å²) in [7, 11) is 2.54. The van der Waals surface area contributed by atoms with E-state index in [1.165, 1.54) is 77.0 Å². The third-order valence-corrected chi connectivity index (χ3v) is 39.8. The maximum atomic E-state index is 2.91. The van der Waals surface area contributed by atoms with E-state index >= 15 is 0 Å². The molecule has 0 aliphatic carbocycles. The number of hydrogen-bond acceptors (Lipinski definition) is 0. The van der Waals surface area contributed by atoms with Crippen LogP contribution in [0.4, 0.5) is 0 Å². The van der Waals surface area contributed by atoms with E-state index in [0.717, 1.165) is 0 Å². The Labute approximate surface area is 211 Å². The van der Waals surface area contributed by atoms with Gasteiger partial charge in [-0.2, -0.15) is 0 Å². The SMILES string of the molecule is CCC[CH2][Sn]([CH2]CCC)([CH2]CCC)[c]1cc[c]([Sn]([CH2]CCC)([CH2]CCC)[CH2]CCC)n1C. The molecule has 1 aromatic heterocycles. The van der Waals surface area contributed by atoms with E-state index < -0.39 is 36.8 Å². The van der Waals surface area contributed by atoms with Gasteiger partial charge in [0.1, 0.15) is 0 Å². The Balaban J connectivity index is 3.52. The number of hydrogen-bond donors (Lipinski definition) is 0. The van der Waals surface area contributed by atoms with E-state index in [9.17, 15) is 0 Å². The second-order valence-electron chi connectivity index (χ2n) is 10.8. The van der Waals surface area contributed by atoms with Gasteiger partial charge in [0.2, 0.25) is 0 Å². The van der Waals surface area contributed by atoms with Crippen molar-refractivity contribution in [2.75, 3.05) is 0 Å². The fourth-order valence-corrected chi connectivity index (χ4v) is 40.7. The molecule has 1 aromatic rings. The molecule has 0 unspecified atom stereocenters. The van der Waals surface area contributed by atoms with Crippen LogP contribution in [0.15, 0.2) is 12.1 Å². The summed E-state index contributed by atoms with van der Waals surface area (Å²) in [6.07, 6.45) is 17.1. The molecule has 0 aromatic carbocycles. The van der Waals surface area contributed by atoms with E-state index in [-0.39, 0.29) is 0 Å². The van der Waals surface area contributed by atoms with Crippen molar-refractivity contribution in [2.45, 2.75) is 145 Å². The molecular formula is C29H59NSn2. The summed E-state index contributed by atoms with van der Waals surface area (Å²) in [5.41, 5.74) is 0. The molecular weight excluding hydrogens is 600 g/mol. The van der Waals surface area contributed by atoms with Crippen molar-refractivity contribution in [3.8, 4) is 0 Å². The molecule has 0 fully saturated rings. The van der Waals surface area contributed by atoms with Crippen LogP contribution in [0.25, 0.3) is 0 Å². The van der Waals surface area contributed by atoms with Crippen molar-refractivity contribution in [1.29, 1.82) is 0 Å². The Hall–Kier alpha value is 0.877. The summed E-state index contributed by atoms with van der Waals surface area (Å²) in [5.74, 6) is 0. The average molecular weight is 659 g/mol. The monoisotopic (exact) mass is 661 g/mol. The Morgan fingerprint density at radius 1 is 0.469 bits per heavy atom. The van der Waals surface area contributed by atoms with Gasteiger partial charge >= 0.3 is 213 Å². The van der Waals surface area contributed by atoms with Gasteiger partial charge in [0.15, 0.2) is 0 Å². The predicted octanol–water partition coefficient (Wildman–Crippen LogP) is 9.14. The predicted molar refractivity (Wildman–Crippen MR) is 154 cm³/mol. The first kappa shape index (κ1) is 30.9. The zero-order valence-electron chi connectivity index (χ0n) is 23.3. The fraction of sp³-hybridized carbons (Fsp3) is 0.862. The number of unbranched alkanes of at least 4 members (excludes halogenated alkanes) is 6. The molecule has 188 valence electrons. The van der Waals surface area contributed by atoms with Gasteiger partial charge in [-0.15, -0.1) is 0 Å². The molecule has 3 heteroatoms. The second-order valence-corrected chi connectivity index (χ2v) is 36.9. The molecule has 1 nitrogen and oxygen atoms in total. The zero-order chi connectivity index (χ0) is 23.9. The van der Waals surface area contributed by atoms with Crippen molar-refractivity contribution in [3.05, 3.63) is 12.1 Å². The van der Waals surface area contributed by atoms with E-state index in [4.69, 9.17) is 0 Å². The van der Waals surface area contributed by atoms with E-state index in [1.54, 1.807) is 26.6 Å². The number of nitrogens with zero attached hydrogens (tertiary/aromatic N) is 1. The normalized spacial score (nSPS) is 12.6. The molecule has 0 amide bonds. The quantitative estimate of drug-likeness (QED) is 0.123. The van der Waals surface area contributed by atoms with Gasteiger partial charge in [0, 0.05) is 0 Å². The van der Waals surface area contributed by atoms with Gasteiger partial charge in [-0.1, -0.05) is 0 Å². The minimum absolute atomic E-state index is 1.38. The zero-order valence-corrected chi connectivity index (χ0v) is 29.0. The molecule has 0 radical (unpaired) electrons. The van der Waals surface area contributed by atoms with Crippen LogP contribution in [0.5, 0.6) is 0 Å². The van der Waals surface area contributed by atoms with Gasteiger partial charge in [-0.05, 0) is 0 Å². The summed E-state index contributed by atoms with van der Waals surface area (Å²) >= 11 is -4.76. The van der Waals surface area contributed by atoms with Crippen molar-refractivity contribution in [2.24, 2.45) is 7.05 Å². The van der Waals surface area contributed by atoms with E-state index in [2.05, 4.69) is 65.3 Å². The van der Waals surface area contributed by atoms with Crippen LogP contribution in [0.1, 0.15) is 119 Å². The summed E-state index contributed by atoms with van der Waals surface area (Å²) in [6.45, 7) is 14.5. The minimum atomic E-state index is -2.38. The summed E-state index contributed by atoms with van der Waals surface area (Å²) in [5, 5.41) is 0. The van der Waals surface area contributed by atoms with Crippen LogP contribution in [-0.4, -0.2) is 41.3 Å². The van der Waals surface area contributed by atoms with E-state index in [1.807, 2.05) is 7.42 Å². The summed E-state index contributed by atoms with van der Waals surface area (Å²) in [6, 6.07) is 5.45. The van der Waals surface area contributed by atoms with Gasteiger partial charge in [-0.3, -0.25) is 0 Å². The molecule has 0 atom stereocenters. The van der Waals surface area contributed by atoms with Crippen LogP contribution < -0.4 is 7.42 Å².